The van der Waals surface area contributed by atoms with E-state index in [-0.39, 0.29) is 30.4 Å². The number of esters is 1. The van der Waals surface area contributed by atoms with Crippen molar-refractivity contribution in [1.29, 1.82) is 0 Å². The van der Waals surface area contributed by atoms with Crippen molar-refractivity contribution in [2.24, 2.45) is 5.10 Å². The summed E-state index contributed by atoms with van der Waals surface area (Å²) in [6.07, 6.45) is 1.18. The predicted octanol–water partition coefficient (Wildman–Crippen LogP) is 4.90. The summed E-state index contributed by atoms with van der Waals surface area (Å²) in [4.78, 5) is 36.2. The molecule has 0 bridgehead atoms. The first-order valence-electron chi connectivity index (χ1n) is 13.4. The molecule has 0 fully saturated rings. The number of hydrazone groups is 1. The highest BCUT2D eigenvalue weighted by Crippen LogP contribution is 2.23. The smallest absolute Gasteiger partial charge is 0.338 e. The summed E-state index contributed by atoms with van der Waals surface area (Å²) in [5.74, 6) is -1.98. The van der Waals surface area contributed by atoms with Gasteiger partial charge in [0.15, 0.2) is 0 Å². The summed E-state index contributed by atoms with van der Waals surface area (Å²) >= 11 is 5.96. The van der Waals surface area contributed by atoms with Gasteiger partial charge >= 0.3 is 17.8 Å². The molecule has 0 saturated carbocycles. The fourth-order valence-electron chi connectivity index (χ4n) is 3.90. The predicted molar refractivity (Wildman–Crippen MR) is 165 cm³/mol. The largest absolute Gasteiger partial charge is 0.462 e. The van der Waals surface area contributed by atoms with Crippen LogP contribution in [0.2, 0.25) is 5.02 Å². The normalized spacial score (nSPS) is 11.5. The van der Waals surface area contributed by atoms with Crippen LogP contribution in [0, 0.1) is 6.92 Å². The Balaban J connectivity index is 1.39. The van der Waals surface area contributed by atoms with E-state index in [1.54, 1.807) is 19.1 Å². The molecule has 0 unspecified atom stereocenters. The van der Waals surface area contributed by atoms with E-state index in [9.17, 15) is 22.8 Å². The zero-order valence-corrected chi connectivity index (χ0v) is 25.4. The molecule has 0 aliphatic carbocycles. The Bertz CT molecular complexity index is 1750. The number of sulfonamides is 1. The lowest BCUT2D eigenvalue weighted by molar-refractivity contribution is -0.136. The molecule has 0 aliphatic heterocycles. The molecule has 228 valence electrons. The first-order valence-corrected chi connectivity index (χ1v) is 15.2. The third-order valence-electron chi connectivity index (χ3n) is 6.16. The molecule has 2 amide bonds. The lowest BCUT2D eigenvalue weighted by Gasteiger charge is -2.21. The van der Waals surface area contributed by atoms with Gasteiger partial charge in [0.2, 0.25) is 10.0 Å². The van der Waals surface area contributed by atoms with E-state index in [0.29, 0.717) is 22.0 Å². The van der Waals surface area contributed by atoms with Gasteiger partial charge in [-0.05, 0) is 80.1 Å². The Hall–Kier alpha value is -4.78. The van der Waals surface area contributed by atoms with Crippen molar-refractivity contribution in [1.82, 2.24) is 9.73 Å². The molecule has 13 heteroatoms. The number of rotatable bonds is 11. The van der Waals surface area contributed by atoms with Gasteiger partial charge in [0, 0.05) is 17.3 Å². The lowest BCUT2D eigenvalue weighted by atomic mass is 10.1. The minimum absolute atomic E-state index is 0.0817. The number of ether oxygens (including phenoxy) is 1. The van der Waals surface area contributed by atoms with Gasteiger partial charge in [0.1, 0.15) is 11.5 Å². The highest BCUT2D eigenvalue weighted by atomic mass is 35.5. The zero-order chi connectivity index (χ0) is 31.7. The lowest BCUT2D eigenvalue weighted by Crippen LogP contribution is -2.32. The molecule has 1 heterocycles. The van der Waals surface area contributed by atoms with Crippen molar-refractivity contribution < 1.29 is 32.0 Å². The van der Waals surface area contributed by atoms with Crippen LogP contribution in [0.4, 0.5) is 5.69 Å². The number of hydrogen-bond donors (Lipinski definition) is 2. The number of benzene rings is 3. The van der Waals surface area contributed by atoms with Crippen molar-refractivity contribution in [3.63, 3.8) is 0 Å². The number of nitrogens with zero attached hydrogens (tertiary/aromatic N) is 2. The summed E-state index contributed by atoms with van der Waals surface area (Å²) in [7, 11) is -3.93. The minimum Gasteiger partial charge on any atom is -0.462 e. The fraction of sp³-hybridized carbons (Fsp3) is 0.161. The average Bonchev–Trinajstić information content (AvgIpc) is 3.45. The third kappa shape index (κ3) is 8.63. The molecule has 2 N–H and O–H groups in total. The standard InChI is InChI=1S/C31H29ClN4O7S/c1-3-42-31(39)23-8-12-25(13-9-23)34-29(37)30(38)35-33-18-26-14-15-27(43-26)20-36(19-22-6-4-21(2)5-7-22)44(40,41)28-16-10-24(32)11-17-28/h4-18H,3,19-20H2,1-2H3,(H,34,37)(H,35,38)/b33-18+. The second kappa shape index (κ2) is 14.6. The molecule has 1 aromatic heterocycles. The monoisotopic (exact) mass is 636 g/mol. The number of carbonyl (C=O) groups is 3. The summed E-state index contributed by atoms with van der Waals surface area (Å²) < 4.78 is 39.0. The summed E-state index contributed by atoms with van der Waals surface area (Å²) in [5.41, 5.74) is 4.53. The maximum Gasteiger partial charge on any atom is 0.338 e. The number of aryl methyl sites for hydroxylation is 1. The Morgan fingerprint density at radius 3 is 2.25 bits per heavy atom. The first kappa shape index (κ1) is 32.1. The Kier molecular flexibility index (Phi) is 10.7. The molecule has 0 atom stereocenters. The van der Waals surface area contributed by atoms with E-state index in [1.165, 1.54) is 59.1 Å². The minimum atomic E-state index is -3.93. The van der Waals surface area contributed by atoms with Crippen molar-refractivity contribution >= 4 is 51.3 Å². The second-order valence-corrected chi connectivity index (χ2v) is 11.8. The third-order valence-corrected chi connectivity index (χ3v) is 8.22. The van der Waals surface area contributed by atoms with Gasteiger partial charge in [-0.15, -0.1) is 0 Å². The van der Waals surface area contributed by atoms with Gasteiger partial charge in [-0.3, -0.25) is 9.59 Å². The number of halogens is 1. The molecule has 11 nitrogen and oxygen atoms in total. The molecule has 0 saturated heterocycles. The van der Waals surface area contributed by atoms with Gasteiger partial charge in [0.25, 0.3) is 0 Å². The molecule has 44 heavy (non-hydrogen) atoms. The molecule has 0 aliphatic rings. The van der Waals surface area contributed by atoms with Crippen LogP contribution in [0.5, 0.6) is 0 Å². The van der Waals surface area contributed by atoms with Crippen LogP contribution < -0.4 is 10.7 Å². The van der Waals surface area contributed by atoms with Crippen LogP contribution in [0.25, 0.3) is 0 Å². The molecule has 0 spiro atoms. The number of carbonyl (C=O) groups excluding carboxylic acids is 3. The van der Waals surface area contributed by atoms with Gasteiger partial charge < -0.3 is 14.5 Å². The van der Waals surface area contributed by atoms with Crippen molar-refractivity contribution in [2.45, 2.75) is 31.8 Å². The van der Waals surface area contributed by atoms with E-state index < -0.39 is 27.8 Å². The number of nitrogens with one attached hydrogen (secondary N) is 2. The summed E-state index contributed by atoms with van der Waals surface area (Å²) in [6.45, 7) is 3.87. The maximum absolute atomic E-state index is 13.5. The molecule has 4 rings (SSSR count). The Labute approximate surface area is 259 Å². The van der Waals surface area contributed by atoms with Crippen LogP contribution >= 0.6 is 11.6 Å². The fourth-order valence-corrected chi connectivity index (χ4v) is 5.42. The van der Waals surface area contributed by atoms with Crippen LogP contribution in [0.3, 0.4) is 0 Å². The van der Waals surface area contributed by atoms with E-state index >= 15 is 0 Å². The van der Waals surface area contributed by atoms with Gasteiger partial charge in [-0.2, -0.15) is 9.41 Å². The van der Waals surface area contributed by atoms with Crippen LogP contribution in [-0.4, -0.2) is 43.3 Å². The van der Waals surface area contributed by atoms with E-state index in [1.807, 2.05) is 31.2 Å². The molecule has 4 aromatic rings. The van der Waals surface area contributed by atoms with Crippen molar-refractivity contribution in [2.75, 3.05) is 11.9 Å². The molecule has 0 radical (unpaired) electrons. The molecular weight excluding hydrogens is 608 g/mol. The number of furan rings is 1. The highest BCUT2D eigenvalue weighted by Gasteiger charge is 2.26. The van der Waals surface area contributed by atoms with Gasteiger partial charge in [-0.1, -0.05) is 41.4 Å². The molecule has 3 aromatic carbocycles. The van der Waals surface area contributed by atoms with E-state index in [4.69, 9.17) is 20.8 Å². The topological polar surface area (TPSA) is 147 Å². The van der Waals surface area contributed by atoms with Crippen LogP contribution in [-0.2, 0) is 37.4 Å². The zero-order valence-electron chi connectivity index (χ0n) is 23.8. The SMILES string of the molecule is CCOC(=O)c1ccc(NC(=O)C(=O)N/N=C/c2ccc(CN(Cc3ccc(C)cc3)S(=O)(=O)c3ccc(Cl)cc3)o2)cc1. The number of hydrogen-bond acceptors (Lipinski definition) is 8. The van der Waals surface area contributed by atoms with E-state index in [0.717, 1.165) is 11.1 Å². The van der Waals surface area contributed by atoms with E-state index in [2.05, 4.69) is 15.8 Å². The van der Waals surface area contributed by atoms with Crippen LogP contribution in [0.1, 0.15) is 39.9 Å². The maximum atomic E-state index is 13.5. The van der Waals surface area contributed by atoms with Crippen LogP contribution in [0.15, 0.2) is 99.3 Å². The number of anilines is 1. The Morgan fingerprint density at radius 2 is 1.59 bits per heavy atom. The second-order valence-electron chi connectivity index (χ2n) is 9.47. The average molecular weight is 637 g/mol. The highest BCUT2D eigenvalue weighted by molar-refractivity contribution is 7.89. The Morgan fingerprint density at radius 1 is 0.909 bits per heavy atom. The van der Waals surface area contributed by atoms with Crippen molar-refractivity contribution in [3.8, 4) is 0 Å². The van der Waals surface area contributed by atoms with Gasteiger partial charge in [0.05, 0.1) is 29.8 Å². The number of amides is 2. The van der Waals surface area contributed by atoms with Crippen molar-refractivity contribution in [3.05, 3.63) is 118 Å². The first-order chi connectivity index (χ1) is 21.0. The summed E-state index contributed by atoms with van der Waals surface area (Å²) in [5, 5.41) is 6.56. The van der Waals surface area contributed by atoms with Gasteiger partial charge in [-0.25, -0.2) is 18.6 Å². The summed E-state index contributed by atoms with van der Waals surface area (Å²) in [6, 6.07) is 22.4. The quantitative estimate of drug-likeness (QED) is 0.103. The molecular formula is C31H29ClN4O7S.